The zero-order valence-electron chi connectivity index (χ0n) is 15.3. The summed E-state index contributed by atoms with van der Waals surface area (Å²) in [4.78, 5) is 14.7. The van der Waals surface area contributed by atoms with E-state index in [1.54, 1.807) is 30.2 Å². The average molecular weight is 355 g/mol. The number of aliphatic hydroxyl groups excluding tert-OH is 1. The van der Waals surface area contributed by atoms with Crippen LogP contribution in [-0.2, 0) is 11.2 Å². The Hall–Kier alpha value is -2.37. The number of hydrogen-bond donors (Lipinski definition) is 1. The Morgan fingerprint density at radius 1 is 1.27 bits per heavy atom. The monoisotopic (exact) mass is 355 g/mol. The average Bonchev–Trinajstić information content (AvgIpc) is 2.67. The van der Waals surface area contributed by atoms with Crippen molar-refractivity contribution in [2.45, 2.75) is 18.9 Å². The maximum atomic E-state index is 12.9. The van der Waals surface area contributed by atoms with Crippen molar-refractivity contribution in [2.24, 2.45) is 0 Å². The molecule has 0 aromatic heterocycles. The summed E-state index contributed by atoms with van der Waals surface area (Å²) in [6, 6.07) is 15.3. The molecule has 1 saturated heterocycles. The van der Waals surface area contributed by atoms with E-state index in [1.165, 1.54) is 0 Å². The van der Waals surface area contributed by atoms with Crippen molar-refractivity contribution in [3.05, 3.63) is 65.2 Å². The lowest BCUT2D eigenvalue weighted by Gasteiger charge is -2.42. The summed E-state index contributed by atoms with van der Waals surface area (Å²) in [6.07, 6.45) is 0.563. The standard InChI is InChI=1S/C21H25NO4/c1-16-5-3-6-17(11-16)13-21(15-23)14-22(9-10-26-21)20(24)18-7-4-8-19(12-18)25-2/h3-8,11-12,23H,9-10,13-15H2,1-2H3/t21-/m1/s1. The van der Waals surface area contributed by atoms with Gasteiger partial charge in [-0.05, 0) is 30.7 Å². The van der Waals surface area contributed by atoms with Gasteiger partial charge in [-0.2, -0.15) is 0 Å². The summed E-state index contributed by atoms with van der Waals surface area (Å²) in [6.45, 7) is 3.17. The summed E-state index contributed by atoms with van der Waals surface area (Å²) in [7, 11) is 1.58. The van der Waals surface area contributed by atoms with Gasteiger partial charge in [-0.3, -0.25) is 4.79 Å². The number of benzene rings is 2. The van der Waals surface area contributed by atoms with Crippen molar-refractivity contribution in [1.82, 2.24) is 4.90 Å². The molecule has 1 amide bonds. The fourth-order valence-corrected chi connectivity index (χ4v) is 3.41. The molecular formula is C21H25NO4. The van der Waals surface area contributed by atoms with Gasteiger partial charge in [0, 0.05) is 18.5 Å². The minimum absolute atomic E-state index is 0.0748. The third kappa shape index (κ3) is 4.06. The molecule has 5 nitrogen and oxygen atoms in total. The quantitative estimate of drug-likeness (QED) is 0.895. The van der Waals surface area contributed by atoms with Crippen molar-refractivity contribution < 1.29 is 19.4 Å². The van der Waals surface area contributed by atoms with E-state index in [1.807, 2.05) is 31.2 Å². The van der Waals surface area contributed by atoms with Gasteiger partial charge in [-0.25, -0.2) is 0 Å². The zero-order valence-corrected chi connectivity index (χ0v) is 15.3. The van der Waals surface area contributed by atoms with Crippen LogP contribution in [0.25, 0.3) is 0 Å². The number of methoxy groups -OCH3 is 1. The Kier molecular flexibility index (Phi) is 5.59. The summed E-state index contributed by atoms with van der Waals surface area (Å²) < 4.78 is 11.2. The lowest BCUT2D eigenvalue weighted by Crippen LogP contribution is -2.56. The molecular weight excluding hydrogens is 330 g/mol. The number of nitrogens with zero attached hydrogens (tertiary/aromatic N) is 1. The highest BCUT2D eigenvalue weighted by Crippen LogP contribution is 2.25. The number of carbonyl (C=O) groups is 1. The summed E-state index contributed by atoms with van der Waals surface area (Å²) in [5.41, 5.74) is 2.06. The first-order valence-electron chi connectivity index (χ1n) is 8.79. The summed E-state index contributed by atoms with van der Waals surface area (Å²) in [5.74, 6) is 0.576. The zero-order chi connectivity index (χ0) is 18.6. The molecule has 0 spiro atoms. The first kappa shape index (κ1) is 18.4. The van der Waals surface area contributed by atoms with E-state index in [-0.39, 0.29) is 12.5 Å². The third-order valence-electron chi connectivity index (χ3n) is 4.75. The number of aryl methyl sites for hydroxylation is 1. The molecule has 1 atom stereocenters. The second-order valence-electron chi connectivity index (χ2n) is 6.81. The fraction of sp³-hybridized carbons (Fsp3) is 0.381. The molecule has 1 N–H and O–H groups in total. The summed E-state index contributed by atoms with van der Waals surface area (Å²) in [5, 5.41) is 10.0. The number of ether oxygens (including phenoxy) is 2. The van der Waals surface area contributed by atoms with Gasteiger partial charge in [0.25, 0.3) is 5.91 Å². The number of morpholine rings is 1. The molecule has 1 fully saturated rings. The van der Waals surface area contributed by atoms with Gasteiger partial charge in [0.1, 0.15) is 11.4 Å². The number of amides is 1. The van der Waals surface area contributed by atoms with E-state index in [2.05, 4.69) is 6.07 Å². The molecule has 26 heavy (non-hydrogen) atoms. The van der Waals surface area contributed by atoms with Gasteiger partial charge >= 0.3 is 0 Å². The van der Waals surface area contributed by atoms with Crippen LogP contribution in [0.1, 0.15) is 21.5 Å². The minimum Gasteiger partial charge on any atom is -0.497 e. The number of hydrogen-bond acceptors (Lipinski definition) is 4. The van der Waals surface area contributed by atoms with Crippen LogP contribution in [0, 0.1) is 6.92 Å². The van der Waals surface area contributed by atoms with Gasteiger partial charge < -0.3 is 19.5 Å². The van der Waals surface area contributed by atoms with Gasteiger partial charge in [0.05, 0.1) is 26.9 Å². The Labute approximate surface area is 154 Å². The van der Waals surface area contributed by atoms with Crippen LogP contribution in [0.2, 0.25) is 0 Å². The Morgan fingerprint density at radius 3 is 2.81 bits per heavy atom. The van der Waals surface area contributed by atoms with Crippen LogP contribution >= 0.6 is 0 Å². The third-order valence-corrected chi connectivity index (χ3v) is 4.75. The summed E-state index contributed by atoms with van der Waals surface area (Å²) >= 11 is 0. The van der Waals surface area contributed by atoms with Gasteiger partial charge in [0.2, 0.25) is 0 Å². The molecule has 3 rings (SSSR count). The molecule has 0 saturated carbocycles. The Morgan fingerprint density at radius 2 is 2.08 bits per heavy atom. The highest BCUT2D eigenvalue weighted by Gasteiger charge is 2.38. The van der Waals surface area contributed by atoms with E-state index in [0.29, 0.717) is 37.4 Å². The van der Waals surface area contributed by atoms with Crippen molar-refractivity contribution in [1.29, 1.82) is 0 Å². The van der Waals surface area contributed by atoms with E-state index in [0.717, 1.165) is 11.1 Å². The molecule has 5 heteroatoms. The Bertz CT molecular complexity index is 776. The topological polar surface area (TPSA) is 59.0 Å². The largest absolute Gasteiger partial charge is 0.497 e. The molecule has 0 unspecified atom stereocenters. The van der Waals surface area contributed by atoms with E-state index in [4.69, 9.17) is 9.47 Å². The minimum atomic E-state index is -0.777. The van der Waals surface area contributed by atoms with Crippen LogP contribution in [0.4, 0.5) is 0 Å². The predicted molar refractivity (Wildman–Crippen MR) is 99.5 cm³/mol. The maximum absolute atomic E-state index is 12.9. The SMILES string of the molecule is COc1cccc(C(=O)N2CCO[C@](CO)(Cc3cccc(C)c3)C2)c1. The molecule has 1 heterocycles. The van der Waals surface area contributed by atoms with Crippen LogP contribution in [-0.4, -0.2) is 54.9 Å². The molecule has 0 radical (unpaired) electrons. The fourth-order valence-electron chi connectivity index (χ4n) is 3.41. The Balaban J connectivity index is 1.78. The predicted octanol–water partition coefficient (Wildman–Crippen LogP) is 2.45. The number of aliphatic hydroxyl groups is 1. The molecule has 0 bridgehead atoms. The molecule has 0 aliphatic carbocycles. The van der Waals surface area contributed by atoms with Gasteiger partial charge in [-0.15, -0.1) is 0 Å². The smallest absolute Gasteiger partial charge is 0.254 e. The van der Waals surface area contributed by atoms with E-state index in [9.17, 15) is 9.90 Å². The van der Waals surface area contributed by atoms with Crippen molar-refractivity contribution in [2.75, 3.05) is 33.4 Å². The first-order chi connectivity index (χ1) is 12.5. The lowest BCUT2D eigenvalue weighted by atomic mass is 9.92. The van der Waals surface area contributed by atoms with Gasteiger partial charge in [0.15, 0.2) is 0 Å². The molecule has 1 aliphatic rings. The van der Waals surface area contributed by atoms with Crippen molar-refractivity contribution >= 4 is 5.91 Å². The van der Waals surface area contributed by atoms with Crippen molar-refractivity contribution in [3.8, 4) is 5.75 Å². The number of carbonyl (C=O) groups excluding carboxylic acids is 1. The van der Waals surface area contributed by atoms with Gasteiger partial charge in [-0.1, -0.05) is 35.9 Å². The molecule has 2 aromatic carbocycles. The first-order valence-corrected chi connectivity index (χ1v) is 8.79. The second-order valence-corrected chi connectivity index (χ2v) is 6.81. The van der Waals surface area contributed by atoms with E-state index >= 15 is 0 Å². The normalized spacial score (nSPS) is 20.0. The maximum Gasteiger partial charge on any atom is 0.254 e. The highest BCUT2D eigenvalue weighted by atomic mass is 16.5. The lowest BCUT2D eigenvalue weighted by molar-refractivity contribution is -0.123. The van der Waals surface area contributed by atoms with Crippen LogP contribution in [0.15, 0.2) is 48.5 Å². The highest BCUT2D eigenvalue weighted by molar-refractivity contribution is 5.94. The number of rotatable bonds is 5. The van der Waals surface area contributed by atoms with Crippen molar-refractivity contribution in [3.63, 3.8) is 0 Å². The van der Waals surface area contributed by atoms with E-state index < -0.39 is 5.60 Å². The molecule has 1 aliphatic heterocycles. The molecule has 138 valence electrons. The van der Waals surface area contributed by atoms with Crippen LogP contribution in [0.3, 0.4) is 0 Å². The molecule has 2 aromatic rings. The van der Waals surface area contributed by atoms with Crippen LogP contribution in [0.5, 0.6) is 5.75 Å². The second kappa shape index (κ2) is 7.89. The van der Waals surface area contributed by atoms with Crippen LogP contribution < -0.4 is 4.74 Å².